The summed E-state index contributed by atoms with van der Waals surface area (Å²) in [4.78, 5) is 0. The van der Waals surface area contributed by atoms with Crippen LogP contribution in [0.2, 0.25) is 0 Å². The molecule has 1 aromatic carbocycles. The molecule has 3 atom stereocenters. The summed E-state index contributed by atoms with van der Waals surface area (Å²) in [6.45, 7) is 2.23. The molecule has 32 heavy (non-hydrogen) atoms. The number of aliphatic hydroxyl groups is 3. The van der Waals surface area contributed by atoms with E-state index < -0.39 is 34.2 Å². The van der Waals surface area contributed by atoms with Crippen molar-refractivity contribution < 1.29 is 57.8 Å². The van der Waals surface area contributed by atoms with E-state index in [0.29, 0.717) is 19.3 Å². The van der Waals surface area contributed by atoms with Crippen LogP contribution in [-0.4, -0.2) is 46.3 Å². The molecule has 0 aliphatic rings. The van der Waals surface area contributed by atoms with Crippen LogP contribution in [0.15, 0.2) is 24.3 Å². The van der Waals surface area contributed by atoms with E-state index in [2.05, 4.69) is 19.1 Å². The van der Waals surface area contributed by atoms with Crippen molar-refractivity contribution in [2.24, 2.45) is 0 Å². The van der Waals surface area contributed by atoms with E-state index in [1.54, 1.807) is 0 Å². The molecule has 0 fully saturated rings. The molecule has 0 amide bonds. The van der Waals surface area contributed by atoms with E-state index in [-0.39, 0.29) is 42.4 Å². The van der Waals surface area contributed by atoms with Crippen molar-refractivity contribution in [2.45, 2.75) is 109 Å². The van der Waals surface area contributed by atoms with Crippen LogP contribution in [0.3, 0.4) is 0 Å². The Hall–Kier alpha value is 0.01000. The van der Waals surface area contributed by atoms with Crippen LogP contribution in [0.25, 0.3) is 0 Å². The number of rotatable bonds is 18. The molecule has 0 aliphatic heterocycles. The number of hydrogen-bond donors (Lipinski definition) is 3. The van der Waals surface area contributed by atoms with Crippen molar-refractivity contribution in [3.8, 4) is 0 Å². The fraction of sp³-hybridized carbons (Fsp3) is 0.750. The van der Waals surface area contributed by atoms with Crippen molar-refractivity contribution in [3.05, 3.63) is 35.4 Å². The molecule has 0 saturated carbocycles. The summed E-state index contributed by atoms with van der Waals surface area (Å²) in [6.07, 6.45) is 8.99. The molecule has 1 rings (SSSR count). The molecule has 3 N–H and O–H groups in total. The first kappa shape index (κ1) is 32.0. The van der Waals surface area contributed by atoms with Gasteiger partial charge in [0.25, 0.3) is 0 Å². The fourth-order valence-electron chi connectivity index (χ4n) is 3.66. The quantitative estimate of drug-likeness (QED) is 0.165. The van der Waals surface area contributed by atoms with Crippen molar-refractivity contribution in [3.63, 3.8) is 0 Å². The van der Waals surface area contributed by atoms with Gasteiger partial charge < -0.3 is 19.9 Å². The van der Waals surface area contributed by atoms with Crippen LogP contribution < -0.4 is 29.6 Å². The van der Waals surface area contributed by atoms with Crippen molar-refractivity contribution >= 4 is 10.1 Å². The average molecular weight is 481 g/mol. The summed E-state index contributed by atoms with van der Waals surface area (Å²) in [5.74, 6) is -0.599. The second-order valence-corrected chi connectivity index (χ2v) is 10.2. The number of aliphatic hydroxyl groups excluding tert-OH is 3. The zero-order chi connectivity index (χ0) is 23.1. The Labute approximate surface area is 216 Å². The molecule has 1 aromatic rings. The molecule has 180 valence electrons. The van der Waals surface area contributed by atoms with E-state index >= 15 is 0 Å². The van der Waals surface area contributed by atoms with Gasteiger partial charge in [0.1, 0.15) is 0 Å². The Bertz CT molecular complexity index is 680. The number of hydrogen-bond acceptors (Lipinski definition) is 6. The second kappa shape index (κ2) is 18.4. The Morgan fingerprint density at radius 3 is 1.84 bits per heavy atom. The van der Waals surface area contributed by atoms with Gasteiger partial charge in [-0.25, -0.2) is 8.42 Å². The molecule has 0 spiro atoms. The van der Waals surface area contributed by atoms with E-state index in [0.717, 1.165) is 12.0 Å². The first-order valence-electron chi connectivity index (χ1n) is 11.8. The molecule has 0 aliphatic carbocycles. The van der Waals surface area contributed by atoms with Crippen molar-refractivity contribution in [2.75, 3.05) is 5.75 Å². The van der Waals surface area contributed by atoms with Gasteiger partial charge in [0.15, 0.2) is 0 Å². The van der Waals surface area contributed by atoms with Crippen LogP contribution in [0.4, 0.5) is 0 Å². The summed E-state index contributed by atoms with van der Waals surface area (Å²) in [5, 5.41) is 30.1. The molecule has 3 unspecified atom stereocenters. The van der Waals surface area contributed by atoms with Crippen molar-refractivity contribution in [1.29, 1.82) is 0 Å². The topological polar surface area (TPSA) is 118 Å². The third kappa shape index (κ3) is 16.6. The van der Waals surface area contributed by atoms with Crippen LogP contribution in [0, 0.1) is 0 Å². The maximum absolute atomic E-state index is 10.6. The van der Waals surface area contributed by atoms with Crippen LogP contribution >= 0.6 is 0 Å². The third-order valence-electron chi connectivity index (χ3n) is 5.74. The summed E-state index contributed by atoms with van der Waals surface area (Å²) < 4.78 is 31.7. The molecular formula is C24H41NaO6S. The van der Waals surface area contributed by atoms with Gasteiger partial charge in [-0.1, -0.05) is 69.7 Å². The van der Waals surface area contributed by atoms with Gasteiger partial charge in [0.05, 0.1) is 28.4 Å². The Kier molecular flexibility index (Phi) is 18.4. The van der Waals surface area contributed by atoms with E-state index in [1.807, 2.05) is 12.1 Å². The second-order valence-electron chi connectivity index (χ2n) is 8.64. The minimum Gasteiger partial charge on any atom is -0.748 e. The Morgan fingerprint density at radius 1 is 0.781 bits per heavy atom. The first-order valence-corrected chi connectivity index (χ1v) is 13.4. The zero-order valence-corrected chi connectivity index (χ0v) is 22.7. The van der Waals surface area contributed by atoms with Gasteiger partial charge in [0, 0.05) is 5.75 Å². The Morgan fingerprint density at radius 2 is 1.28 bits per heavy atom. The number of benzene rings is 1. The van der Waals surface area contributed by atoms with E-state index in [4.69, 9.17) is 0 Å². The molecule has 0 heterocycles. The van der Waals surface area contributed by atoms with Gasteiger partial charge in [-0.15, -0.1) is 0 Å². The largest absolute Gasteiger partial charge is 1.00 e. The van der Waals surface area contributed by atoms with Gasteiger partial charge >= 0.3 is 29.6 Å². The molecule has 0 radical (unpaired) electrons. The van der Waals surface area contributed by atoms with Crippen LogP contribution in [0.1, 0.15) is 101 Å². The minimum absolute atomic E-state index is 0. The molecular weight excluding hydrogens is 439 g/mol. The molecule has 0 aromatic heterocycles. The Balaban J connectivity index is 0.00000961. The normalized spacial score (nSPS) is 14.5. The summed E-state index contributed by atoms with van der Waals surface area (Å²) in [6, 6.07) is 8.01. The van der Waals surface area contributed by atoms with Crippen LogP contribution in [-0.2, 0) is 16.5 Å². The monoisotopic (exact) mass is 480 g/mol. The molecule has 0 bridgehead atoms. The van der Waals surface area contributed by atoms with Crippen LogP contribution in [0.5, 0.6) is 0 Å². The van der Waals surface area contributed by atoms with E-state index in [9.17, 15) is 28.3 Å². The molecule has 6 nitrogen and oxygen atoms in total. The predicted octanol–water partition coefficient (Wildman–Crippen LogP) is 1.23. The third-order valence-corrected chi connectivity index (χ3v) is 6.48. The summed E-state index contributed by atoms with van der Waals surface area (Å²) in [5.41, 5.74) is 2.11. The van der Waals surface area contributed by atoms with Gasteiger partial charge in [-0.3, -0.25) is 0 Å². The fourth-order valence-corrected chi connectivity index (χ4v) is 4.22. The zero-order valence-electron chi connectivity index (χ0n) is 19.9. The first-order chi connectivity index (χ1) is 14.7. The summed E-state index contributed by atoms with van der Waals surface area (Å²) >= 11 is 0. The average Bonchev–Trinajstić information content (AvgIpc) is 2.73. The number of unbranched alkanes of at least 4 members (excludes halogenated alkanes) is 6. The SMILES string of the molecule is CCCCCCCCCc1ccc(C(O)CCC(O)CCC(O)CCS(=O)(=O)[O-])cc1.[Na+]. The smallest absolute Gasteiger partial charge is 0.748 e. The van der Waals surface area contributed by atoms with E-state index in [1.165, 1.54) is 50.5 Å². The molecule has 0 saturated heterocycles. The predicted molar refractivity (Wildman–Crippen MR) is 123 cm³/mol. The van der Waals surface area contributed by atoms with Gasteiger partial charge in [0.2, 0.25) is 0 Å². The van der Waals surface area contributed by atoms with Crippen molar-refractivity contribution in [1.82, 2.24) is 0 Å². The maximum Gasteiger partial charge on any atom is 1.00 e. The van der Waals surface area contributed by atoms with Gasteiger partial charge in [-0.05, 0) is 56.1 Å². The minimum atomic E-state index is -4.33. The standard InChI is InChI=1S/C24H42O6S.Na/c1-2-3-4-5-6-7-8-9-20-10-12-21(13-11-20)24(27)17-16-22(25)14-15-23(26)18-19-31(28,29)30;/h10-13,22-27H,2-9,14-19H2,1H3,(H,28,29,30);/q;+1/p-1. The molecule has 8 heteroatoms. The maximum atomic E-state index is 10.6. The summed E-state index contributed by atoms with van der Waals surface area (Å²) in [7, 11) is -4.33. The van der Waals surface area contributed by atoms with Gasteiger partial charge in [-0.2, -0.15) is 0 Å². The number of aryl methyl sites for hydroxylation is 1.